The average molecular weight is 719 g/mol. The van der Waals surface area contributed by atoms with Crippen LogP contribution in [0, 0.1) is 0 Å². The molecule has 12 nitrogen and oxygen atoms in total. The van der Waals surface area contributed by atoms with Crippen molar-refractivity contribution in [1.82, 2.24) is 29.2 Å². The van der Waals surface area contributed by atoms with Crippen molar-refractivity contribution in [2.75, 3.05) is 77.6 Å². The van der Waals surface area contributed by atoms with Gasteiger partial charge in [0.25, 0.3) is 0 Å². The summed E-state index contributed by atoms with van der Waals surface area (Å²) in [6.07, 6.45) is -2.85. The van der Waals surface area contributed by atoms with Crippen LogP contribution in [0.2, 0.25) is 0 Å². The lowest BCUT2D eigenvalue weighted by Gasteiger charge is -2.33. The maximum absolute atomic E-state index is 14.1. The Kier molecular flexibility index (Phi) is 12.3. The van der Waals surface area contributed by atoms with Crippen LogP contribution in [0.5, 0.6) is 0 Å². The number of aliphatic hydroxyl groups excluding tert-OH is 1. The number of amides is 1. The Morgan fingerprint density at radius 2 is 1.88 bits per heavy atom. The van der Waals surface area contributed by atoms with Crippen LogP contribution in [-0.2, 0) is 45.2 Å². The highest BCUT2D eigenvalue weighted by Gasteiger charge is 2.35. The van der Waals surface area contributed by atoms with Crippen LogP contribution >= 0.6 is 11.8 Å². The lowest BCUT2D eigenvalue weighted by molar-refractivity contribution is -0.139. The van der Waals surface area contributed by atoms with Gasteiger partial charge in [-0.3, -0.25) is 9.58 Å². The number of likely N-dealkylation sites (tertiary alicyclic amines) is 1. The number of aromatic nitrogens is 2. The van der Waals surface area contributed by atoms with Gasteiger partial charge in [-0.05, 0) is 31.9 Å². The van der Waals surface area contributed by atoms with Gasteiger partial charge >= 0.3 is 12.3 Å². The first-order valence-corrected chi connectivity index (χ1v) is 19.2. The lowest BCUT2D eigenvalue weighted by Crippen LogP contribution is -2.47. The van der Waals surface area contributed by atoms with E-state index in [0.29, 0.717) is 75.0 Å². The smallest absolute Gasteiger partial charge is 0.417 e. The van der Waals surface area contributed by atoms with Crippen molar-refractivity contribution in [2.24, 2.45) is 0 Å². The topological polar surface area (TPSA) is 129 Å². The van der Waals surface area contributed by atoms with Crippen LogP contribution < -0.4 is 5.32 Å². The Bertz CT molecular complexity index is 1510. The third-order valence-electron chi connectivity index (χ3n) is 8.93. The third kappa shape index (κ3) is 9.63. The summed E-state index contributed by atoms with van der Waals surface area (Å²) in [4.78, 5) is 16.1. The van der Waals surface area contributed by atoms with Crippen LogP contribution in [0.3, 0.4) is 0 Å². The molecule has 1 amide bonds. The number of hydrogen-bond acceptors (Lipinski definition) is 10. The minimum atomic E-state index is -4.54. The molecule has 17 heteroatoms. The van der Waals surface area contributed by atoms with Gasteiger partial charge in [0.05, 0.1) is 50.0 Å². The van der Waals surface area contributed by atoms with E-state index in [1.165, 1.54) is 16.4 Å². The number of sulfonamides is 1. The largest absolute Gasteiger partial charge is 0.450 e. The van der Waals surface area contributed by atoms with Crippen molar-refractivity contribution in [3.05, 3.63) is 35.0 Å². The second-order valence-electron chi connectivity index (χ2n) is 12.4. The van der Waals surface area contributed by atoms with E-state index in [9.17, 15) is 31.5 Å². The number of morpholine rings is 1. The number of benzene rings is 1. The predicted octanol–water partition coefficient (Wildman–Crippen LogP) is 2.88. The van der Waals surface area contributed by atoms with Crippen LogP contribution in [0.4, 0.5) is 18.0 Å². The molecule has 2 N–H and O–H groups in total. The molecule has 3 aliphatic heterocycles. The summed E-state index contributed by atoms with van der Waals surface area (Å²) >= 11 is 1.14. The number of carbonyl (C=O) groups is 1. The van der Waals surface area contributed by atoms with Gasteiger partial charge in [0.1, 0.15) is 0 Å². The fourth-order valence-corrected chi connectivity index (χ4v) is 8.32. The van der Waals surface area contributed by atoms with E-state index < -0.39 is 34.0 Å². The molecule has 3 aliphatic rings. The molecule has 2 aromatic rings. The number of rotatable bonds is 12. The normalized spacial score (nSPS) is 19.6. The third-order valence-corrected chi connectivity index (χ3v) is 11.2. The summed E-state index contributed by atoms with van der Waals surface area (Å²) in [7, 11) is -3.53. The van der Waals surface area contributed by atoms with Gasteiger partial charge in [-0.25, -0.2) is 13.2 Å². The molecular weight excluding hydrogens is 674 g/mol. The maximum Gasteiger partial charge on any atom is 0.417 e. The molecule has 0 aliphatic carbocycles. The van der Waals surface area contributed by atoms with E-state index in [-0.39, 0.29) is 30.6 Å². The van der Waals surface area contributed by atoms with Crippen molar-refractivity contribution in [2.45, 2.75) is 62.5 Å². The zero-order valence-electron chi connectivity index (χ0n) is 27.4. The Hall–Kier alpha value is -2.41. The number of β-amino-alcohol motifs (C(OH)–C–C–N with tert-alkyl or cyclic N) is 1. The molecule has 48 heavy (non-hydrogen) atoms. The molecule has 2 fully saturated rings. The molecule has 1 atom stereocenters. The molecule has 0 spiro atoms. The van der Waals surface area contributed by atoms with Crippen molar-refractivity contribution >= 4 is 27.9 Å². The van der Waals surface area contributed by atoms with E-state index in [1.54, 1.807) is 11.6 Å². The molecule has 5 rings (SSSR count). The van der Waals surface area contributed by atoms with Crippen molar-refractivity contribution in [3.63, 3.8) is 0 Å². The zero-order chi connectivity index (χ0) is 34.5. The Labute approximate surface area is 283 Å². The number of carbonyl (C=O) groups excluding carboxylic acids is 1. The van der Waals surface area contributed by atoms with Gasteiger partial charge in [0, 0.05) is 92.3 Å². The highest BCUT2D eigenvalue weighted by Crippen LogP contribution is 2.40. The molecule has 1 unspecified atom stereocenters. The number of halogens is 3. The molecule has 0 saturated carbocycles. The number of fused-ring (bicyclic) bond motifs is 1. The summed E-state index contributed by atoms with van der Waals surface area (Å²) in [5.74, 6) is 0.462. The minimum absolute atomic E-state index is 0.00193. The van der Waals surface area contributed by atoms with E-state index >= 15 is 0 Å². The summed E-state index contributed by atoms with van der Waals surface area (Å²) in [6, 6.07) is 3.97. The standard InChI is InChI=1S/C31H45F3N6O6S2/c1-3-46-30(42)35-23-6-9-38(10-7-23)19-24(41)20-40-27-8-11-39(48(2,43)44)21-25(27)29(36-40)22-4-5-26(31(32,33)34)28(18-22)47-17-14-37-12-15-45-16-13-37/h4-5,18,23-24,41H,3,6-17,19-21H2,1-2H3,(H,35,42). The molecule has 2 saturated heterocycles. The van der Waals surface area contributed by atoms with Crippen molar-refractivity contribution < 1.29 is 41.0 Å². The predicted molar refractivity (Wildman–Crippen MR) is 175 cm³/mol. The van der Waals surface area contributed by atoms with Crippen LogP contribution in [0.25, 0.3) is 11.3 Å². The van der Waals surface area contributed by atoms with E-state index in [4.69, 9.17) is 14.6 Å². The molecule has 0 bridgehead atoms. The molecule has 1 aromatic heterocycles. The number of nitrogens with one attached hydrogen (secondary N) is 1. The number of ether oxygens (including phenoxy) is 2. The molecule has 268 valence electrons. The summed E-state index contributed by atoms with van der Waals surface area (Å²) < 4.78 is 80.6. The second-order valence-corrected chi connectivity index (χ2v) is 15.5. The van der Waals surface area contributed by atoms with E-state index in [2.05, 4.69) is 15.1 Å². The lowest BCUT2D eigenvalue weighted by atomic mass is 10.0. The second kappa shape index (κ2) is 16.1. The number of piperidine rings is 1. The highest BCUT2D eigenvalue weighted by molar-refractivity contribution is 7.99. The number of alkyl carbamates (subject to hydrolysis) is 1. The molecule has 4 heterocycles. The first-order valence-electron chi connectivity index (χ1n) is 16.3. The summed E-state index contributed by atoms with van der Waals surface area (Å²) in [5, 5.41) is 18.8. The molecule has 1 aromatic carbocycles. The van der Waals surface area contributed by atoms with Gasteiger partial charge in [-0.2, -0.15) is 22.6 Å². The number of nitrogens with zero attached hydrogens (tertiary/aromatic N) is 5. The van der Waals surface area contributed by atoms with Gasteiger partial charge in [-0.15, -0.1) is 11.8 Å². The van der Waals surface area contributed by atoms with Crippen molar-refractivity contribution in [1.29, 1.82) is 0 Å². The van der Waals surface area contributed by atoms with Crippen LogP contribution in [-0.4, -0.2) is 133 Å². The zero-order valence-corrected chi connectivity index (χ0v) is 29.0. The van der Waals surface area contributed by atoms with Gasteiger partial charge in [0.2, 0.25) is 10.0 Å². The van der Waals surface area contributed by atoms with E-state index in [1.807, 2.05) is 0 Å². The Balaban J connectivity index is 1.34. The quantitative estimate of drug-likeness (QED) is 0.316. The Morgan fingerprint density at radius 1 is 1.15 bits per heavy atom. The fourth-order valence-electron chi connectivity index (χ4n) is 6.42. The maximum atomic E-state index is 14.1. The van der Waals surface area contributed by atoms with Crippen molar-refractivity contribution in [3.8, 4) is 11.3 Å². The van der Waals surface area contributed by atoms with Crippen LogP contribution in [0.15, 0.2) is 23.1 Å². The number of hydrogen-bond donors (Lipinski definition) is 2. The van der Waals surface area contributed by atoms with Gasteiger partial charge in [0.15, 0.2) is 0 Å². The van der Waals surface area contributed by atoms with Gasteiger partial charge in [-0.1, -0.05) is 6.07 Å². The van der Waals surface area contributed by atoms with Crippen LogP contribution in [0.1, 0.15) is 36.6 Å². The molecular formula is C31H45F3N6O6S2. The SMILES string of the molecule is CCOC(=O)NC1CCN(CC(O)Cn2nc(-c3ccc(C(F)(F)F)c(SCCN4CCOCC4)c3)c3c2CCN(S(C)(=O)=O)C3)CC1. The van der Waals surface area contributed by atoms with Gasteiger partial charge < -0.3 is 24.8 Å². The summed E-state index contributed by atoms with van der Waals surface area (Å²) in [5.41, 5.74) is 1.56. The monoisotopic (exact) mass is 718 g/mol. The van der Waals surface area contributed by atoms with E-state index in [0.717, 1.165) is 55.7 Å². The minimum Gasteiger partial charge on any atom is -0.450 e. The molecule has 0 radical (unpaired) electrons. The highest BCUT2D eigenvalue weighted by atomic mass is 32.2. The number of alkyl halides is 3. The number of aliphatic hydroxyl groups is 1. The number of thioether (sulfide) groups is 1. The average Bonchev–Trinajstić information content (AvgIpc) is 3.39. The summed E-state index contributed by atoms with van der Waals surface area (Å²) in [6.45, 7) is 7.52. The first-order chi connectivity index (χ1) is 22.8. The fraction of sp³-hybridized carbons (Fsp3) is 0.677. The first kappa shape index (κ1) is 36.9. The Morgan fingerprint density at radius 3 is 2.54 bits per heavy atom.